The van der Waals surface area contributed by atoms with Crippen molar-refractivity contribution in [3.8, 4) is 0 Å². The van der Waals surface area contributed by atoms with Gasteiger partial charge in [-0.1, -0.05) is 18.2 Å². The monoisotopic (exact) mass is 377 g/mol. The largest absolute Gasteiger partial charge is 0.468 e. The average molecular weight is 377 g/mol. The van der Waals surface area contributed by atoms with Crippen molar-refractivity contribution in [2.75, 3.05) is 26.0 Å². The molecule has 0 fully saturated rings. The van der Waals surface area contributed by atoms with E-state index < -0.39 is 0 Å². The van der Waals surface area contributed by atoms with Gasteiger partial charge in [-0.2, -0.15) is 0 Å². The third-order valence-corrected chi connectivity index (χ3v) is 4.39. The fraction of sp³-hybridized carbons (Fsp3) is 0.182. The maximum absolute atomic E-state index is 12.4. The Bertz CT molecular complexity index is 904. The van der Waals surface area contributed by atoms with E-state index >= 15 is 0 Å². The van der Waals surface area contributed by atoms with Crippen molar-refractivity contribution >= 4 is 17.5 Å². The fourth-order valence-corrected chi connectivity index (χ4v) is 2.81. The number of carbonyl (C=O) groups excluding carboxylic acids is 2. The Morgan fingerprint density at radius 3 is 2.18 bits per heavy atom. The van der Waals surface area contributed by atoms with Crippen molar-refractivity contribution in [1.82, 2.24) is 10.2 Å². The first kappa shape index (κ1) is 19.4. The number of likely N-dealkylation sites (N-methyl/N-ethyl adjacent to an activating group) is 1. The Hall–Kier alpha value is -3.38. The molecule has 0 saturated carbocycles. The lowest BCUT2D eigenvalue weighted by atomic mass is 10.1. The number of hydrogen-bond donors (Lipinski definition) is 2. The molecule has 1 atom stereocenters. The summed E-state index contributed by atoms with van der Waals surface area (Å²) in [6, 6.07) is 19.4. The summed E-state index contributed by atoms with van der Waals surface area (Å²) in [5.74, 6) is 0.425. The van der Waals surface area contributed by atoms with Gasteiger partial charge in [0.25, 0.3) is 11.8 Å². The van der Waals surface area contributed by atoms with E-state index in [1.165, 1.54) is 0 Å². The first-order valence-electron chi connectivity index (χ1n) is 8.99. The molecule has 0 unspecified atom stereocenters. The smallest absolute Gasteiger partial charge is 0.255 e. The van der Waals surface area contributed by atoms with Crippen molar-refractivity contribution in [1.29, 1.82) is 0 Å². The standard InChI is InChI=1S/C22H23N3O3/c1-25(2)19(20-9-6-14-28-20)15-23-21(26)17-10-12-18(13-11-17)24-22(27)16-7-4-3-5-8-16/h3-14,19H,15H2,1-2H3,(H,23,26)(H,24,27)/t19-/m0/s1. The van der Waals surface area contributed by atoms with E-state index in [4.69, 9.17) is 4.42 Å². The quantitative estimate of drug-likeness (QED) is 0.660. The molecule has 1 aromatic heterocycles. The molecule has 0 spiro atoms. The Morgan fingerprint density at radius 2 is 1.57 bits per heavy atom. The highest BCUT2D eigenvalue weighted by Gasteiger charge is 2.18. The lowest BCUT2D eigenvalue weighted by molar-refractivity contribution is 0.0938. The molecule has 0 radical (unpaired) electrons. The molecular weight excluding hydrogens is 354 g/mol. The number of nitrogens with one attached hydrogen (secondary N) is 2. The van der Waals surface area contributed by atoms with Gasteiger partial charge in [-0.3, -0.25) is 14.5 Å². The highest BCUT2D eigenvalue weighted by Crippen LogP contribution is 2.18. The van der Waals surface area contributed by atoms with Crippen LogP contribution >= 0.6 is 0 Å². The van der Waals surface area contributed by atoms with E-state index in [0.29, 0.717) is 23.4 Å². The molecular formula is C22H23N3O3. The molecule has 3 aromatic rings. The third-order valence-electron chi connectivity index (χ3n) is 4.39. The molecule has 6 heteroatoms. The fourth-order valence-electron chi connectivity index (χ4n) is 2.81. The summed E-state index contributed by atoms with van der Waals surface area (Å²) in [5.41, 5.74) is 1.73. The third kappa shape index (κ3) is 4.86. The number of furan rings is 1. The van der Waals surface area contributed by atoms with Crippen LogP contribution in [-0.4, -0.2) is 37.4 Å². The number of benzene rings is 2. The van der Waals surface area contributed by atoms with Crippen LogP contribution < -0.4 is 10.6 Å². The normalized spacial score (nSPS) is 11.8. The van der Waals surface area contributed by atoms with Crippen LogP contribution in [0.25, 0.3) is 0 Å². The van der Waals surface area contributed by atoms with Crippen molar-refractivity contribution < 1.29 is 14.0 Å². The van der Waals surface area contributed by atoms with Crippen LogP contribution in [0, 0.1) is 0 Å². The predicted molar refractivity (Wildman–Crippen MR) is 108 cm³/mol. The van der Waals surface area contributed by atoms with Crippen LogP contribution in [0.15, 0.2) is 77.4 Å². The molecule has 1 heterocycles. The summed E-state index contributed by atoms with van der Waals surface area (Å²) in [7, 11) is 3.87. The van der Waals surface area contributed by atoms with Gasteiger partial charge >= 0.3 is 0 Å². The van der Waals surface area contributed by atoms with Gasteiger partial charge in [0.15, 0.2) is 0 Å². The van der Waals surface area contributed by atoms with Gasteiger partial charge in [0.2, 0.25) is 0 Å². The Balaban J connectivity index is 1.58. The predicted octanol–water partition coefficient (Wildman–Crippen LogP) is 3.56. The van der Waals surface area contributed by atoms with Gasteiger partial charge in [0, 0.05) is 23.4 Å². The van der Waals surface area contributed by atoms with Crippen molar-refractivity contribution in [3.05, 3.63) is 89.9 Å². The van der Waals surface area contributed by atoms with Crippen LogP contribution in [-0.2, 0) is 0 Å². The zero-order chi connectivity index (χ0) is 19.9. The van der Waals surface area contributed by atoms with Crippen LogP contribution in [0.3, 0.4) is 0 Å². The van der Waals surface area contributed by atoms with Crippen molar-refractivity contribution in [2.24, 2.45) is 0 Å². The molecule has 3 rings (SSSR count). The number of amides is 2. The zero-order valence-electron chi connectivity index (χ0n) is 15.9. The summed E-state index contributed by atoms with van der Waals surface area (Å²) in [5, 5.41) is 5.75. The molecule has 0 aliphatic rings. The highest BCUT2D eigenvalue weighted by atomic mass is 16.3. The molecule has 144 valence electrons. The lowest BCUT2D eigenvalue weighted by Gasteiger charge is -2.22. The molecule has 28 heavy (non-hydrogen) atoms. The van der Waals surface area contributed by atoms with E-state index in [1.807, 2.05) is 49.3 Å². The maximum atomic E-state index is 12.4. The minimum atomic E-state index is -0.190. The minimum absolute atomic E-state index is 0.0524. The number of rotatable bonds is 7. The molecule has 6 nitrogen and oxygen atoms in total. The Kier molecular flexibility index (Phi) is 6.24. The Labute approximate surface area is 164 Å². The second kappa shape index (κ2) is 9.01. The number of nitrogens with zero attached hydrogens (tertiary/aromatic N) is 1. The van der Waals surface area contributed by atoms with Gasteiger partial charge < -0.3 is 15.1 Å². The number of anilines is 1. The maximum Gasteiger partial charge on any atom is 0.255 e. The van der Waals surface area contributed by atoms with Gasteiger partial charge in [0.05, 0.1) is 12.3 Å². The summed E-state index contributed by atoms with van der Waals surface area (Å²) >= 11 is 0. The first-order chi connectivity index (χ1) is 13.5. The molecule has 0 aliphatic heterocycles. The average Bonchev–Trinajstić information content (AvgIpc) is 3.23. The van der Waals surface area contributed by atoms with Crippen LogP contribution in [0.5, 0.6) is 0 Å². The molecule has 0 aliphatic carbocycles. The van der Waals surface area contributed by atoms with Crippen LogP contribution in [0.4, 0.5) is 5.69 Å². The Morgan fingerprint density at radius 1 is 0.893 bits per heavy atom. The molecule has 2 aromatic carbocycles. The molecule has 0 saturated heterocycles. The molecule has 0 bridgehead atoms. The lowest BCUT2D eigenvalue weighted by Crippen LogP contribution is -2.34. The number of carbonyl (C=O) groups is 2. The first-order valence-corrected chi connectivity index (χ1v) is 8.99. The van der Waals surface area contributed by atoms with E-state index in [2.05, 4.69) is 10.6 Å². The summed E-state index contributed by atoms with van der Waals surface area (Å²) in [6.45, 7) is 0.422. The van der Waals surface area contributed by atoms with Gasteiger partial charge in [0.1, 0.15) is 5.76 Å². The van der Waals surface area contributed by atoms with Crippen molar-refractivity contribution in [3.63, 3.8) is 0 Å². The molecule has 2 amide bonds. The van der Waals surface area contributed by atoms with Gasteiger partial charge in [-0.05, 0) is 62.6 Å². The van der Waals surface area contributed by atoms with Crippen molar-refractivity contribution in [2.45, 2.75) is 6.04 Å². The minimum Gasteiger partial charge on any atom is -0.468 e. The molecule has 2 N–H and O–H groups in total. The topological polar surface area (TPSA) is 74.6 Å². The zero-order valence-corrected chi connectivity index (χ0v) is 15.9. The second-order valence-electron chi connectivity index (χ2n) is 6.60. The highest BCUT2D eigenvalue weighted by molar-refractivity contribution is 6.04. The number of hydrogen-bond acceptors (Lipinski definition) is 4. The van der Waals surface area contributed by atoms with Gasteiger partial charge in [-0.25, -0.2) is 0 Å². The summed E-state index contributed by atoms with van der Waals surface area (Å²) in [4.78, 5) is 26.6. The van der Waals surface area contributed by atoms with E-state index in [-0.39, 0.29) is 17.9 Å². The summed E-state index contributed by atoms with van der Waals surface area (Å²) < 4.78 is 5.45. The van der Waals surface area contributed by atoms with E-state index in [1.54, 1.807) is 42.7 Å². The summed E-state index contributed by atoms with van der Waals surface area (Å²) in [6.07, 6.45) is 1.62. The van der Waals surface area contributed by atoms with Crippen LogP contribution in [0.1, 0.15) is 32.5 Å². The van der Waals surface area contributed by atoms with Crippen LogP contribution in [0.2, 0.25) is 0 Å². The SMILES string of the molecule is CN(C)[C@@H](CNC(=O)c1ccc(NC(=O)c2ccccc2)cc1)c1ccco1. The second-order valence-corrected chi connectivity index (χ2v) is 6.60. The van der Waals surface area contributed by atoms with E-state index in [9.17, 15) is 9.59 Å². The van der Waals surface area contributed by atoms with Gasteiger partial charge in [-0.15, -0.1) is 0 Å². The van der Waals surface area contributed by atoms with E-state index in [0.717, 1.165) is 5.76 Å².